The van der Waals surface area contributed by atoms with Crippen molar-refractivity contribution in [2.45, 2.75) is 25.7 Å². The first kappa shape index (κ1) is 15.8. The number of nitrogens with one attached hydrogen (secondary N) is 1. The standard InChI is InChI=1S/C10H12ClN5O4/c1-2-3-4(12)5(10(17)18)6-7(11)15-9(16(19)20)8(13)14-6/h5,12H,2-3H2,1H3,(H2,13,14)(H,17,18). The SMILES string of the molecule is CCCC(=N)C(C(=O)O)c1nc(N)c([N+](=O)[O-])nc1Cl. The van der Waals surface area contributed by atoms with Crippen LogP contribution in [-0.2, 0) is 4.79 Å². The molecule has 20 heavy (non-hydrogen) atoms. The smallest absolute Gasteiger partial charge is 0.407 e. The molecule has 1 atom stereocenters. The van der Waals surface area contributed by atoms with Crippen LogP contribution in [0.5, 0.6) is 0 Å². The fraction of sp³-hybridized carbons (Fsp3) is 0.400. The minimum Gasteiger partial charge on any atom is -0.480 e. The quantitative estimate of drug-likeness (QED) is 0.409. The highest BCUT2D eigenvalue weighted by Crippen LogP contribution is 2.28. The number of anilines is 1. The van der Waals surface area contributed by atoms with E-state index in [1.165, 1.54) is 0 Å². The van der Waals surface area contributed by atoms with E-state index in [2.05, 4.69) is 9.97 Å². The largest absolute Gasteiger partial charge is 0.480 e. The van der Waals surface area contributed by atoms with Gasteiger partial charge in [0.15, 0.2) is 0 Å². The highest BCUT2D eigenvalue weighted by atomic mass is 35.5. The summed E-state index contributed by atoms with van der Waals surface area (Å²) in [4.78, 5) is 28.1. The molecule has 0 aliphatic rings. The van der Waals surface area contributed by atoms with Crippen LogP contribution in [0, 0.1) is 15.5 Å². The van der Waals surface area contributed by atoms with Gasteiger partial charge in [-0.15, -0.1) is 0 Å². The van der Waals surface area contributed by atoms with Gasteiger partial charge in [0.2, 0.25) is 5.82 Å². The summed E-state index contributed by atoms with van der Waals surface area (Å²) in [6.07, 6.45) is 0.794. The Labute approximate surface area is 118 Å². The molecule has 4 N–H and O–H groups in total. The summed E-state index contributed by atoms with van der Waals surface area (Å²) in [6, 6.07) is 0. The Bertz CT molecular complexity index is 577. The molecular weight excluding hydrogens is 290 g/mol. The molecule has 1 heterocycles. The van der Waals surface area contributed by atoms with Crippen LogP contribution >= 0.6 is 11.6 Å². The van der Waals surface area contributed by atoms with Crippen LogP contribution < -0.4 is 5.73 Å². The topological polar surface area (TPSA) is 156 Å². The number of nitrogen functional groups attached to an aromatic ring is 1. The lowest BCUT2D eigenvalue weighted by Gasteiger charge is -2.12. The zero-order valence-corrected chi connectivity index (χ0v) is 11.2. The Hall–Kier alpha value is -2.29. The van der Waals surface area contributed by atoms with Gasteiger partial charge in [-0.3, -0.25) is 4.79 Å². The summed E-state index contributed by atoms with van der Waals surface area (Å²) >= 11 is 5.73. The maximum Gasteiger partial charge on any atom is 0.407 e. The molecule has 1 rings (SSSR count). The third-order valence-corrected chi connectivity index (χ3v) is 2.72. The third-order valence-electron chi connectivity index (χ3n) is 2.45. The lowest BCUT2D eigenvalue weighted by Crippen LogP contribution is -2.23. The number of aliphatic carboxylic acids is 1. The maximum atomic E-state index is 11.3. The molecule has 1 aromatic rings. The van der Waals surface area contributed by atoms with Crippen molar-refractivity contribution < 1.29 is 14.8 Å². The molecular formula is C10H12ClN5O4. The molecule has 0 saturated heterocycles. The Morgan fingerprint density at radius 3 is 2.65 bits per heavy atom. The highest BCUT2D eigenvalue weighted by Gasteiger charge is 2.33. The number of carboxylic acid groups (broad SMARTS) is 1. The van der Waals surface area contributed by atoms with Crippen molar-refractivity contribution in [2.24, 2.45) is 0 Å². The molecule has 10 heteroatoms. The molecule has 1 aromatic heterocycles. The molecule has 0 aliphatic carbocycles. The summed E-state index contributed by atoms with van der Waals surface area (Å²) in [5.74, 6) is -4.04. The Morgan fingerprint density at radius 2 is 2.20 bits per heavy atom. The van der Waals surface area contributed by atoms with E-state index in [-0.39, 0.29) is 17.8 Å². The zero-order valence-electron chi connectivity index (χ0n) is 10.5. The van der Waals surface area contributed by atoms with Crippen LogP contribution in [-0.4, -0.2) is 31.7 Å². The Kier molecular flexibility index (Phi) is 4.92. The van der Waals surface area contributed by atoms with Gasteiger partial charge in [0, 0.05) is 5.71 Å². The fourth-order valence-electron chi connectivity index (χ4n) is 1.60. The summed E-state index contributed by atoms with van der Waals surface area (Å²) in [5.41, 5.74) is 4.98. The van der Waals surface area contributed by atoms with Crippen molar-refractivity contribution in [3.63, 3.8) is 0 Å². The van der Waals surface area contributed by atoms with Gasteiger partial charge >= 0.3 is 11.8 Å². The number of hydrogen-bond acceptors (Lipinski definition) is 7. The average Bonchev–Trinajstić information content (AvgIpc) is 2.32. The Balaban J connectivity index is 3.35. The lowest BCUT2D eigenvalue weighted by molar-refractivity contribution is -0.388. The van der Waals surface area contributed by atoms with Gasteiger partial charge in [-0.1, -0.05) is 13.3 Å². The molecule has 0 aliphatic heterocycles. The molecule has 0 spiro atoms. The van der Waals surface area contributed by atoms with Crippen molar-refractivity contribution in [1.29, 1.82) is 5.41 Å². The molecule has 1 unspecified atom stereocenters. The van der Waals surface area contributed by atoms with Gasteiger partial charge < -0.3 is 26.4 Å². The molecule has 9 nitrogen and oxygen atoms in total. The van der Waals surface area contributed by atoms with Crippen LogP contribution in [0.1, 0.15) is 31.4 Å². The second-order valence-electron chi connectivity index (χ2n) is 3.91. The van der Waals surface area contributed by atoms with Crippen LogP contribution in [0.4, 0.5) is 11.6 Å². The predicted octanol–water partition coefficient (Wildman–Crippen LogP) is 1.61. The first-order chi connectivity index (χ1) is 9.29. The van der Waals surface area contributed by atoms with E-state index < -0.39 is 33.6 Å². The second kappa shape index (κ2) is 6.24. The van der Waals surface area contributed by atoms with E-state index in [1.54, 1.807) is 6.92 Å². The van der Waals surface area contributed by atoms with Crippen molar-refractivity contribution >= 4 is 34.9 Å². The molecule has 0 aromatic carbocycles. The van der Waals surface area contributed by atoms with Crippen LogP contribution in [0.2, 0.25) is 5.15 Å². The number of carbonyl (C=O) groups is 1. The summed E-state index contributed by atoms with van der Waals surface area (Å²) in [5, 5.41) is 27.1. The number of nitro groups is 1. The summed E-state index contributed by atoms with van der Waals surface area (Å²) in [6.45, 7) is 1.78. The van der Waals surface area contributed by atoms with Gasteiger partial charge in [-0.05, 0) is 27.9 Å². The molecule has 0 fully saturated rings. The fourth-order valence-corrected chi connectivity index (χ4v) is 1.83. The van der Waals surface area contributed by atoms with Crippen LogP contribution in [0.15, 0.2) is 0 Å². The van der Waals surface area contributed by atoms with E-state index in [0.717, 1.165) is 0 Å². The number of carboxylic acids is 1. The number of nitrogens with two attached hydrogens (primary N) is 1. The number of nitrogens with zero attached hydrogens (tertiary/aromatic N) is 3. The van der Waals surface area contributed by atoms with E-state index >= 15 is 0 Å². The Morgan fingerprint density at radius 1 is 1.60 bits per heavy atom. The van der Waals surface area contributed by atoms with Crippen molar-refractivity contribution in [2.75, 3.05) is 5.73 Å². The first-order valence-electron chi connectivity index (χ1n) is 5.57. The molecule has 0 radical (unpaired) electrons. The molecule has 108 valence electrons. The molecule has 0 amide bonds. The first-order valence-corrected chi connectivity index (χ1v) is 5.94. The minimum absolute atomic E-state index is 0.121. The maximum absolute atomic E-state index is 11.3. The highest BCUT2D eigenvalue weighted by molar-refractivity contribution is 6.31. The van der Waals surface area contributed by atoms with E-state index in [0.29, 0.717) is 6.42 Å². The van der Waals surface area contributed by atoms with Crippen LogP contribution in [0.3, 0.4) is 0 Å². The summed E-state index contributed by atoms with van der Waals surface area (Å²) < 4.78 is 0. The second-order valence-corrected chi connectivity index (χ2v) is 4.27. The molecule has 0 saturated carbocycles. The number of hydrogen-bond donors (Lipinski definition) is 3. The van der Waals surface area contributed by atoms with Gasteiger partial charge in [0.1, 0.15) is 11.6 Å². The summed E-state index contributed by atoms with van der Waals surface area (Å²) in [7, 11) is 0. The number of aromatic nitrogens is 2. The van der Waals surface area contributed by atoms with E-state index in [4.69, 9.17) is 22.7 Å². The normalized spacial score (nSPS) is 11.9. The molecule has 0 bridgehead atoms. The van der Waals surface area contributed by atoms with Crippen molar-refractivity contribution in [3.05, 3.63) is 21.0 Å². The van der Waals surface area contributed by atoms with Gasteiger partial charge in [-0.25, -0.2) is 4.98 Å². The van der Waals surface area contributed by atoms with Crippen molar-refractivity contribution in [3.8, 4) is 0 Å². The average molecular weight is 302 g/mol. The predicted molar refractivity (Wildman–Crippen MR) is 71.1 cm³/mol. The number of halogens is 1. The number of rotatable bonds is 6. The van der Waals surface area contributed by atoms with Crippen molar-refractivity contribution in [1.82, 2.24) is 9.97 Å². The zero-order chi connectivity index (χ0) is 15.4. The van der Waals surface area contributed by atoms with Gasteiger partial charge in [-0.2, -0.15) is 0 Å². The monoisotopic (exact) mass is 301 g/mol. The van der Waals surface area contributed by atoms with E-state index in [1.807, 2.05) is 0 Å². The lowest BCUT2D eigenvalue weighted by atomic mass is 9.96. The van der Waals surface area contributed by atoms with Gasteiger partial charge in [0.05, 0.1) is 0 Å². The van der Waals surface area contributed by atoms with E-state index in [9.17, 15) is 20.0 Å². The van der Waals surface area contributed by atoms with Crippen LogP contribution in [0.25, 0.3) is 0 Å². The third kappa shape index (κ3) is 3.18. The minimum atomic E-state index is -1.42. The van der Waals surface area contributed by atoms with Gasteiger partial charge in [0.25, 0.3) is 5.15 Å².